The summed E-state index contributed by atoms with van der Waals surface area (Å²) in [4.78, 5) is 111. The molecule has 0 bridgehead atoms. The molecule has 72 heavy (non-hydrogen) atoms. The molecule has 0 saturated heterocycles. The van der Waals surface area contributed by atoms with Crippen LogP contribution in [0.3, 0.4) is 0 Å². The molecular formula is C49H68N6O17. The second-order valence-corrected chi connectivity index (χ2v) is 17.6. The largest absolute Gasteiger partial charge is 0.514 e. The molecule has 1 aliphatic heterocycles. The van der Waals surface area contributed by atoms with Crippen LogP contribution in [0, 0.1) is 22.0 Å². The van der Waals surface area contributed by atoms with Crippen LogP contribution < -0.4 is 26.0 Å². The van der Waals surface area contributed by atoms with E-state index in [9.17, 15) is 48.5 Å². The first-order valence-corrected chi connectivity index (χ1v) is 23.7. The van der Waals surface area contributed by atoms with Gasteiger partial charge in [-0.25, -0.2) is 9.59 Å². The van der Waals surface area contributed by atoms with Crippen LogP contribution in [-0.2, 0) is 63.8 Å². The van der Waals surface area contributed by atoms with Crippen molar-refractivity contribution < 1.29 is 76.4 Å². The summed E-state index contributed by atoms with van der Waals surface area (Å²) >= 11 is 0. The molecule has 0 aliphatic carbocycles. The predicted octanol–water partition coefficient (Wildman–Crippen LogP) is 4.55. The van der Waals surface area contributed by atoms with Gasteiger partial charge >= 0.3 is 12.2 Å². The zero-order chi connectivity index (χ0) is 52.9. The van der Waals surface area contributed by atoms with Crippen LogP contribution in [0.25, 0.3) is 0 Å². The van der Waals surface area contributed by atoms with Gasteiger partial charge in [0.05, 0.1) is 63.8 Å². The van der Waals surface area contributed by atoms with Crippen molar-refractivity contribution in [1.29, 1.82) is 0 Å². The molecular weight excluding hydrogens is 945 g/mol. The van der Waals surface area contributed by atoms with E-state index in [0.29, 0.717) is 56.9 Å². The molecule has 23 nitrogen and oxygen atoms in total. The number of nitro groups is 1. The number of amides is 6. The van der Waals surface area contributed by atoms with Gasteiger partial charge in [0.1, 0.15) is 18.0 Å². The quantitative estimate of drug-likeness (QED) is 0.0187. The van der Waals surface area contributed by atoms with E-state index in [0.717, 1.165) is 4.90 Å². The highest BCUT2D eigenvalue weighted by Crippen LogP contribution is 2.22. The minimum Gasteiger partial charge on any atom is -0.444 e. The lowest BCUT2D eigenvalue weighted by atomic mass is 9.89. The van der Waals surface area contributed by atoms with Crippen molar-refractivity contribution in [3.05, 3.63) is 76.4 Å². The fraction of sp³-hybridized carbons (Fsp3) is 0.551. The van der Waals surface area contributed by atoms with Crippen LogP contribution in [0.1, 0.15) is 78.7 Å². The molecule has 1 aliphatic rings. The fourth-order valence-corrected chi connectivity index (χ4v) is 6.56. The number of nitro benzene ring substituents is 1. The van der Waals surface area contributed by atoms with Gasteiger partial charge in [-0.15, -0.1) is 0 Å². The second kappa shape index (κ2) is 32.2. The Morgan fingerprint density at radius 2 is 1.32 bits per heavy atom. The van der Waals surface area contributed by atoms with Gasteiger partial charge in [0.25, 0.3) is 17.5 Å². The number of anilines is 1. The maximum atomic E-state index is 13.8. The van der Waals surface area contributed by atoms with E-state index in [1.807, 2.05) is 0 Å². The van der Waals surface area contributed by atoms with E-state index >= 15 is 0 Å². The first-order valence-electron chi connectivity index (χ1n) is 23.7. The maximum absolute atomic E-state index is 13.8. The number of ether oxygens (including phenoxy) is 7. The van der Waals surface area contributed by atoms with Crippen molar-refractivity contribution in [3.63, 3.8) is 0 Å². The number of alkyl carbamates (subject to hydrolysis) is 1. The van der Waals surface area contributed by atoms with E-state index < -0.39 is 58.4 Å². The molecule has 23 heteroatoms. The first-order chi connectivity index (χ1) is 34.3. The number of benzene rings is 2. The van der Waals surface area contributed by atoms with Gasteiger partial charge in [-0.1, -0.05) is 32.4 Å². The fourth-order valence-electron chi connectivity index (χ4n) is 6.56. The molecule has 2 aromatic rings. The van der Waals surface area contributed by atoms with Crippen LogP contribution >= 0.6 is 0 Å². The van der Waals surface area contributed by atoms with Crippen molar-refractivity contribution in [3.8, 4) is 5.75 Å². The van der Waals surface area contributed by atoms with Gasteiger partial charge in [-0.05, 0) is 69.4 Å². The number of imide groups is 1. The molecule has 0 spiro atoms. The number of Topliss-reactive ketones (excluding diaryl/α,β-unsaturated/α-hetero) is 1. The number of carbonyl (C=O) groups excluding carboxylic acids is 8. The Hall–Kier alpha value is -6.82. The zero-order valence-corrected chi connectivity index (χ0v) is 41.6. The molecule has 2 atom stereocenters. The number of rotatable bonds is 34. The van der Waals surface area contributed by atoms with E-state index in [-0.39, 0.29) is 101 Å². The summed E-state index contributed by atoms with van der Waals surface area (Å²) < 4.78 is 37.4. The summed E-state index contributed by atoms with van der Waals surface area (Å²) in [6.45, 7) is 11.3. The predicted molar refractivity (Wildman–Crippen MR) is 258 cm³/mol. The lowest BCUT2D eigenvalue weighted by Gasteiger charge is -2.24. The highest BCUT2D eigenvalue weighted by atomic mass is 16.7. The maximum Gasteiger partial charge on any atom is 0.514 e. The Kier molecular flexibility index (Phi) is 26.6. The summed E-state index contributed by atoms with van der Waals surface area (Å²) in [6, 6.07) is 10.5. The standard InChI is InChI=1S/C49H68N6O17/c1-34(2)45(53-42(58)20-24-66-26-28-68-30-31-69-29-27-67-25-22-50-41(57)19-23-54-43(59)17-18-44(54)60)40(56)32-36(8-6-7-21-51-47(62)72-49(3,4)5)46(61)52-37-11-9-35(10-12-37)33-70-48(63)71-39-15-13-38(14-16-39)55(64)65/h9-18,34,36,45H,6-8,19-33H2,1-5H3,(H,50,57)(H,51,62)(H,52,61)(H,53,58)/t36-,45+/m1/s1. The SMILES string of the molecule is CC(C)[C@H](NC(=O)CCOCCOCCOCCOCCNC(=O)CCN1C(=O)C=CC1=O)C(=O)C[C@@H](CCCCNC(=O)OC(C)(C)C)C(=O)Nc1ccc(COC(=O)Oc2ccc([N+](=O)[O-])cc2)cc1. The monoisotopic (exact) mass is 1010 g/mol. The smallest absolute Gasteiger partial charge is 0.444 e. The van der Waals surface area contributed by atoms with Crippen molar-refractivity contribution in [2.24, 2.45) is 11.8 Å². The highest BCUT2D eigenvalue weighted by Gasteiger charge is 2.30. The van der Waals surface area contributed by atoms with Crippen molar-refractivity contribution >= 4 is 58.9 Å². The summed E-state index contributed by atoms with van der Waals surface area (Å²) in [6.07, 6.45) is 1.84. The van der Waals surface area contributed by atoms with Gasteiger partial charge in [-0.3, -0.25) is 43.8 Å². The minimum absolute atomic E-state index is 0.00212. The summed E-state index contributed by atoms with van der Waals surface area (Å²) in [7, 11) is 0. The molecule has 3 rings (SSSR count). The molecule has 4 N–H and O–H groups in total. The Labute approximate surface area is 418 Å². The molecule has 396 valence electrons. The number of hydrogen-bond donors (Lipinski definition) is 4. The van der Waals surface area contributed by atoms with Crippen LogP contribution in [0.2, 0.25) is 0 Å². The highest BCUT2D eigenvalue weighted by molar-refractivity contribution is 6.13. The number of ketones is 1. The Bertz CT molecular complexity index is 2110. The number of hydrogen-bond acceptors (Lipinski definition) is 17. The molecule has 0 unspecified atom stereocenters. The van der Waals surface area contributed by atoms with Gasteiger partial charge in [0, 0.05) is 74.8 Å². The van der Waals surface area contributed by atoms with Gasteiger partial charge in [0.15, 0.2) is 5.78 Å². The molecule has 0 fully saturated rings. The number of unbranched alkanes of at least 4 members (excludes halogenated alkanes) is 1. The third kappa shape index (κ3) is 24.8. The summed E-state index contributed by atoms with van der Waals surface area (Å²) in [5, 5.41) is 21.9. The molecule has 1 heterocycles. The van der Waals surface area contributed by atoms with E-state index in [4.69, 9.17) is 33.2 Å². The Morgan fingerprint density at radius 3 is 1.90 bits per heavy atom. The Morgan fingerprint density at radius 1 is 0.722 bits per heavy atom. The molecule has 6 amide bonds. The number of non-ortho nitro benzene ring substituents is 1. The summed E-state index contributed by atoms with van der Waals surface area (Å²) in [5.74, 6) is -3.34. The molecule has 0 saturated carbocycles. The minimum atomic E-state index is -1.02. The van der Waals surface area contributed by atoms with Crippen LogP contribution in [0.15, 0.2) is 60.7 Å². The third-order valence-corrected chi connectivity index (χ3v) is 10.2. The van der Waals surface area contributed by atoms with E-state index in [1.165, 1.54) is 36.4 Å². The zero-order valence-electron chi connectivity index (χ0n) is 41.6. The van der Waals surface area contributed by atoms with E-state index in [1.54, 1.807) is 58.9 Å². The van der Waals surface area contributed by atoms with Crippen molar-refractivity contribution in [2.75, 3.05) is 77.8 Å². The number of nitrogens with zero attached hydrogens (tertiary/aromatic N) is 2. The van der Waals surface area contributed by atoms with E-state index in [2.05, 4.69) is 21.3 Å². The van der Waals surface area contributed by atoms with Crippen molar-refractivity contribution in [1.82, 2.24) is 20.9 Å². The Balaban J connectivity index is 1.36. The lowest BCUT2D eigenvalue weighted by molar-refractivity contribution is -0.384. The van der Waals surface area contributed by atoms with Crippen molar-refractivity contribution in [2.45, 2.75) is 91.4 Å². The van der Waals surface area contributed by atoms with Gasteiger partial charge in [0.2, 0.25) is 17.7 Å². The van der Waals surface area contributed by atoms with Crippen LogP contribution in [-0.4, -0.2) is 142 Å². The second-order valence-electron chi connectivity index (χ2n) is 17.6. The third-order valence-electron chi connectivity index (χ3n) is 10.2. The van der Waals surface area contributed by atoms with Gasteiger partial charge in [-0.2, -0.15) is 0 Å². The first kappa shape index (κ1) is 59.5. The molecule has 0 radical (unpaired) electrons. The molecule has 0 aromatic heterocycles. The van der Waals surface area contributed by atoms with Gasteiger partial charge < -0.3 is 54.4 Å². The lowest BCUT2D eigenvalue weighted by Crippen LogP contribution is -2.45. The number of carbonyl (C=O) groups is 8. The van der Waals surface area contributed by atoms with Crippen LogP contribution in [0.5, 0.6) is 5.75 Å². The average Bonchev–Trinajstić information content (AvgIpc) is 3.65. The van der Waals surface area contributed by atoms with Crippen LogP contribution in [0.4, 0.5) is 21.0 Å². The topological polar surface area (TPSA) is 296 Å². The molecule has 2 aromatic carbocycles. The number of nitrogens with one attached hydrogen (secondary N) is 4. The summed E-state index contributed by atoms with van der Waals surface area (Å²) in [5.41, 5.74) is 0.153. The average molecular weight is 1010 g/mol. The normalized spacial score (nSPS) is 13.1.